The van der Waals surface area contributed by atoms with Gasteiger partial charge in [-0.25, -0.2) is 4.79 Å². The first-order valence-corrected chi connectivity index (χ1v) is 8.00. The predicted octanol–water partition coefficient (Wildman–Crippen LogP) is 2.96. The third-order valence-electron chi connectivity index (χ3n) is 5.34. The van der Waals surface area contributed by atoms with E-state index < -0.39 is 17.8 Å². The van der Waals surface area contributed by atoms with E-state index in [9.17, 15) is 14.4 Å². The van der Waals surface area contributed by atoms with Crippen molar-refractivity contribution in [2.45, 2.75) is 39.5 Å². The van der Waals surface area contributed by atoms with E-state index in [1.165, 1.54) is 0 Å². The Morgan fingerprint density at radius 1 is 1.09 bits per heavy atom. The van der Waals surface area contributed by atoms with Crippen LogP contribution in [0.2, 0.25) is 0 Å². The number of rotatable bonds is 2. The molecule has 23 heavy (non-hydrogen) atoms. The number of nitrogens with zero attached hydrogens (tertiary/aromatic N) is 1. The number of amides is 2. The fourth-order valence-electron chi connectivity index (χ4n) is 4.83. The van der Waals surface area contributed by atoms with Crippen molar-refractivity contribution < 1.29 is 19.2 Å². The van der Waals surface area contributed by atoms with Crippen molar-refractivity contribution in [3.05, 3.63) is 35.4 Å². The van der Waals surface area contributed by atoms with Crippen LogP contribution in [-0.4, -0.2) is 22.8 Å². The Morgan fingerprint density at radius 2 is 1.61 bits per heavy atom. The molecule has 1 aliphatic heterocycles. The van der Waals surface area contributed by atoms with Crippen LogP contribution in [0, 0.1) is 16.7 Å². The Kier molecular flexibility index (Phi) is 2.78. The lowest BCUT2D eigenvalue weighted by Crippen LogP contribution is -2.54. The van der Waals surface area contributed by atoms with Gasteiger partial charge in [-0.2, -0.15) is 0 Å². The van der Waals surface area contributed by atoms with Crippen LogP contribution in [0.4, 0.5) is 0 Å². The topological polar surface area (TPSA) is 63.7 Å². The van der Waals surface area contributed by atoms with E-state index in [4.69, 9.17) is 4.84 Å². The summed E-state index contributed by atoms with van der Waals surface area (Å²) < 4.78 is 0. The molecule has 1 spiro atoms. The van der Waals surface area contributed by atoms with Crippen molar-refractivity contribution in [1.29, 1.82) is 0 Å². The maximum Gasteiger partial charge on any atom is 0.336 e. The number of hydrogen-bond donors (Lipinski definition) is 0. The second kappa shape index (κ2) is 4.43. The molecule has 2 amide bonds. The summed E-state index contributed by atoms with van der Waals surface area (Å²) >= 11 is 0. The van der Waals surface area contributed by atoms with Crippen LogP contribution < -0.4 is 0 Å². The van der Waals surface area contributed by atoms with Gasteiger partial charge in [-0.05, 0) is 48.6 Å². The fraction of sp³-hybridized carbons (Fsp3) is 0.500. The molecule has 2 fully saturated rings. The van der Waals surface area contributed by atoms with E-state index in [-0.39, 0.29) is 22.5 Å². The van der Waals surface area contributed by atoms with Gasteiger partial charge in [0.15, 0.2) is 0 Å². The zero-order valence-corrected chi connectivity index (χ0v) is 13.3. The molecule has 5 heteroatoms. The SMILES string of the molecule is CC1(C)CC2(CC(C(=O)ON3C(=O)c4ccccc4C3=O)C2)C1. The van der Waals surface area contributed by atoms with Gasteiger partial charge in [0.25, 0.3) is 11.8 Å². The molecule has 2 aliphatic carbocycles. The largest absolute Gasteiger partial charge is 0.336 e. The van der Waals surface area contributed by atoms with Gasteiger partial charge < -0.3 is 4.84 Å². The van der Waals surface area contributed by atoms with Gasteiger partial charge in [0.2, 0.25) is 0 Å². The number of hydroxylamine groups is 2. The monoisotopic (exact) mass is 313 g/mol. The minimum Gasteiger partial charge on any atom is -0.329 e. The lowest BCUT2D eigenvalue weighted by molar-refractivity contribution is -0.192. The lowest BCUT2D eigenvalue weighted by Gasteiger charge is -2.61. The van der Waals surface area contributed by atoms with Crippen LogP contribution in [0.1, 0.15) is 60.2 Å². The van der Waals surface area contributed by atoms with Gasteiger partial charge in [-0.3, -0.25) is 9.59 Å². The molecule has 0 aromatic heterocycles. The molecule has 0 saturated heterocycles. The van der Waals surface area contributed by atoms with Crippen LogP contribution in [-0.2, 0) is 9.63 Å². The number of imide groups is 1. The van der Waals surface area contributed by atoms with Gasteiger partial charge >= 0.3 is 5.97 Å². The fourth-order valence-corrected chi connectivity index (χ4v) is 4.83. The summed E-state index contributed by atoms with van der Waals surface area (Å²) in [4.78, 5) is 41.7. The molecule has 0 atom stereocenters. The van der Waals surface area contributed by atoms with Gasteiger partial charge in [-0.1, -0.05) is 31.0 Å². The first kappa shape index (κ1) is 14.4. The first-order chi connectivity index (χ1) is 10.8. The molecule has 5 nitrogen and oxygen atoms in total. The average Bonchev–Trinajstić information content (AvgIpc) is 2.67. The second-order valence-electron chi connectivity index (χ2n) is 7.98. The molecule has 0 bridgehead atoms. The summed E-state index contributed by atoms with van der Waals surface area (Å²) in [5, 5.41) is 0.614. The molecule has 0 radical (unpaired) electrons. The highest BCUT2D eigenvalue weighted by atomic mass is 16.7. The number of carbonyl (C=O) groups excluding carboxylic acids is 3. The Bertz CT molecular complexity index is 685. The van der Waals surface area contributed by atoms with Crippen LogP contribution in [0.3, 0.4) is 0 Å². The summed E-state index contributed by atoms with van der Waals surface area (Å²) in [6, 6.07) is 6.50. The normalized spacial score (nSPS) is 24.2. The van der Waals surface area contributed by atoms with Crippen LogP contribution in [0.15, 0.2) is 24.3 Å². The molecular weight excluding hydrogens is 294 g/mol. The Labute approximate surface area is 134 Å². The van der Waals surface area contributed by atoms with Gasteiger partial charge in [0.05, 0.1) is 17.0 Å². The molecule has 3 aliphatic rings. The summed E-state index contributed by atoms with van der Waals surface area (Å²) in [7, 11) is 0. The molecule has 1 aromatic rings. The van der Waals surface area contributed by atoms with Crippen LogP contribution in [0.5, 0.6) is 0 Å². The van der Waals surface area contributed by atoms with E-state index in [0.717, 1.165) is 25.7 Å². The van der Waals surface area contributed by atoms with Crippen molar-refractivity contribution >= 4 is 17.8 Å². The predicted molar refractivity (Wildman–Crippen MR) is 81.2 cm³/mol. The Hall–Kier alpha value is -2.17. The molecule has 0 unspecified atom stereocenters. The molecule has 4 rings (SSSR count). The summed E-state index contributed by atoms with van der Waals surface area (Å²) in [5.74, 6) is -1.78. The van der Waals surface area contributed by atoms with Gasteiger partial charge in [0, 0.05) is 0 Å². The summed E-state index contributed by atoms with van der Waals surface area (Å²) in [5.41, 5.74) is 1.24. The van der Waals surface area contributed by atoms with E-state index in [1.807, 2.05) is 0 Å². The van der Waals surface area contributed by atoms with Crippen LogP contribution in [0.25, 0.3) is 0 Å². The first-order valence-electron chi connectivity index (χ1n) is 8.00. The average molecular weight is 313 g/mol. The number of carbonyl (C=O) groups is 3. The highest BCUT2D eigenvalue weighted by Crippen LogP contribution is 2.66. The van der Waals surface area contributed by atoms with Gasteiger partial charge in [0.1, 0.15) is 0 Å². The van der Waals surface area contributed by atoms with E-state index >= 15 is 0 Å². The molecule has 1 heterocycles. The number of benzene rings is 1. The highest BCUT2D eigenvalue weighted by molar-refractivity contribution is 6.20. The molecule has 120 valence electrons. The quantitative estimate of drug-likeness (QED) is 0.787. The lowest BCUT2D eigenvalue weighted by atomic mass is 9.44. The smallest absolute Gasteiger partial charge is 0.329 e. The Balaban J connectivity index is 1.40. The minimum absolute atomic E-state index is 0.199. The van der Waals surface area contributed by atoms with Crippen molar-refractivity contribution in [2.24, 2.45) is 16.7 Å². The van der Waals surface area contributed by atoms with Crippen molar-refractivity contribution in [1.82, 2.24) is 5.06 Å². The van der Waals surface area contributed by atoms with Crippen LogP contribution >= 0.6 is 0 Å². The van der Waals surface area contributed by atoms with E-state index in [1.54, 1.807) is 24.3 Å². The second-order valence-corrected chi connectivity index (χ2v) is 7.98. The number of fused-ring (bicyclic) bond motifs is 1. The molecule has 1 aromatic carbocycles. The molecule has 0 N–H and O–H groups in total. The maximum atomic E-state index is 12.2. The third-order valence-corrected chi connectivity index (χ3v) is 5.34. The van der Waals surface area contributed by atoms with E-state index in [0.29, 0.717) is 10.5 Å². The standard InChI is InChI=1S/C18H19NO4/c1-17(2)9-18(10-17)7-11(8-18)16(22)23-19-14(20)12-5-3-4-6-13(12)15(19)21/h3-6,11H,7-10H2,1-2H3. The van der Waals surface area contributed by atoms with Gasteiger partial charge in [-0.15, -0.1) is 0 Å². The number of hydrogen-bond acceptors (Lipinski definition) is 4. The highest BCUT2D eigenvalue weighted by Gasteiger charge is 2.58. The molecule has 2 saturated carbocycles. The van der Waals surface area contributed by atoms with Crippen molar-refractivity contribution in [3.8, 4) is 0 Å². The minimum atomic E-state index is -0.558. The summed E-state index contributed by atoms with van der Waals surface area (Å²) in [6.07, 6.45) is 3.88. The maximum absolute atomic E-state index is 12.2. The van der Waals surface area contributed by atoms with Crippen molar-refractivity contribution in [2.75, 3.05) is 0 Å². The van der Waals surface area contributed by atoms with Crippen molar-refractivity contribution in [3.63, 3.8) is 0 Å². The Morgan fingerprint density at radius 3 is 2.09 bits per heavy atom. The van der Waals surface area contributed by atoms with E-state index in [2.05, 4.69) is 13.8 Å². The third kappa shape index (κ3) is 2.10. The zero-order valence-electron chi connectivity index (χ0n) is 13.3. The summed E-state index contributed by atoms with van der Waals surface area (Å²) in [6.45, 7) is 4.48. The zero-order chi connectivity index (χ0) is 16.4. The molecular formula is C18H19NO4.